The summed E-state index contributed by atoms with van der Waals surface area (Å²) in [5.74, 6) is -0.920. The molecule has 1 fully saturated rings. The van der Waals surface area contributed by atoms with Crippen LogP contribution in [0.15, 0.2) is 24.3 Å². The Morgan fingerprint density at radius 2 is 1.96 bits per heavy atom. The fourth-order valence-electron chi connectivity index (χ4n) is 2.62. The lowest BCUT2D eigenvalue weighted by Gasteiger charge is -2.25. The summed E-state index contributed by atoms with van der Waals surface area (Å²) in [6.45, 7) is 6.42. The van der Waals surface area contributed by atoms with Gasteiger partial charge in [0.25, 0.3) is 0 Å². The molecule has 1 aliphatic rings. The zero-order chi connectivity index (χ0) is 17.9. The van der Waals surface area contributed by atoms with Crippen LogP contribution in [0.5, 0.6) is 0 Å². The largest absolute Gasteiger partial charge is 0.444 e. The molecule has 1 heterocycles. The van der Waals surface area contributed by atoms with Crippen molar-refractivity contribution >= 4 is 12.0 Å². The van der Waals surface area contributed by atoms with Gasteiger partial charge in [-0.05, 0) is 44.9 Å². The summed E-state index contributed by atoms with van der Waals surface area (Å²) < 4.78 is 18.4. The van der Waals surface area contributed by atoms with Crippen molar-refractivity contribution in [3.8, 4) is 0 Å². The van der Waals surface area contributed by atoms with Crippen LogP contribution in [-0.2, 0) is 9.53 Å². The van der Waals surface area contributed by atoms with E-state index in [0.717, 1.165) is 0 Å². The number of ether oxygens (including phenoxy) is 1. The maximum absolute atomic E-state index is 13.0. The number of hydrogen-bond acceptors (Lipinski definition) is 4. The minimum Gasteiger partial charge on any atom is -0.444 e. The average molecular weight is 337 g/mol. The number of carbonyl (C=O) groups is 2. The summed E-state index contributed by atoms with van der Waals surface area (Å²) in [4.78, 5) is 25.4. The first-order valence-corrected chi connectivity index (χ1v) is 7.94. The molecule has 0 aliphatic carbocycles. The van der Waals surface area contributed by atoms with Gasteiger partial charge in [0.1, 0.15) is 17.5 Å². The van der Waals surface area contributed by atoms with Crippen LogP contribution in [0, 0.1) is 5.82 Å². The van der Waals surface area contributed by atoms with Crippen LogP contribution in [0.3, 0.4) is 0 Å². The fraction of sp³-hybridized carbons (Fsp3) is 0.529. The maximum Gasteiger partial charge on any atom is 0.410 e. The van der Waals surface area contributed by atoms with E-state index in [1.54, 1.807) is 4.90 Å². The van der Waals surface area contributed by atoms with E-state index in [9.17, 15) is 14.0 Å². The van der Waals surface area contributed by atoms with Crippen molar-refractivity contribution in [2.75, 3.05) is 13.1 Å². The Labute approximate surface area is 141 Å². The number of likely N-dealkylation sites (tertiary alicyclic amines) is 1. The smallest absolute Gasteiger partial charge is 0.410 e. The maximum atomic E-state index is 13.0. The normalized spacial score (nSPS) is 19.2. The highest BCUT2D eigenvalue weighted by Gasteiger charge is 2.32. The number of rotatable bonds is 4. The first-order chi connectivity index (χ1) is 11.2. The molecule has 24 heavy (non-hydrogen) atoms. The van der Waals surface area contributed by atoms with Crippen LogP contribution < -0.4 is 11.1 Å². The van der Waals surface area contributed by atoms with Gasteiger partial charge in [-0.2, -0.15) is 0 Å². The molecule has 0 spiro atoms. The fourth-order valence-corrected chi connectivity index (χ4v) is 2.62. The number of nitrogens with zero attached hydrogens (tertiary/aromatic N) is 1. The molecule has 0 bridgehead atoms. The minimum atomic E-state index is -0.728. The Bertz CT molecular complexity index is 598. The first kappa shape index (κ1) is 18.2. The van der Waals surface area contributed by atoms with E-state index >= 15 is 0 Å². The van der Waals surface area contributed by atoms with Crippen molar-refractivity contribution in [2.45, 2.75) is 44.9 Å². The van der Waals surface area contributed by atoms with Crippen molar-refractivity contribution in [2.24, 2.45) is 5.73 Å². The van der Waals surface area contributed by atoms with E-state index in [4.69, 9.17) is 10.5 Å². The van der Waals surface area contributed by atoms with Crippen molar-refractivity contribution < 1.29 is 18.7 Å². The Morgan fingerprint density at radius 3 is 2.50 bits per heavy atom. The molecule has 2 rings (SSSR count). The van der Waals surface area contributed by atoms with Crippen LogP contribution in [0.4, 0.5) is 9.18 Å². The molecule has 132 valence electrons. The Kier molecular flexibility index (Phi) is 5.43. The van der Waals surface area contributed by atoms with Crippen molar-refractivity contribution in [3.63, 3.8) is 0 Å². The highest BCUT2D eigenvalue weighted by Crippen LogP contribution is 2.19. The molecule has 3 N–H and O–H groups in total. The molecule has 7 heteroatoms. The van der Waals surface area contributed by atoms with Crippen LogP contribution in [0.25, 0.3) is 0 Å². The predicted molar refractivity (Wildman–Crippen MR) is 87.7 cm³/mol. The standard InChI is InChI=1S/C17H24FN3O3/c1-17(2,3)24-16(23)21-9-8-13(10-21)20-14(15(19)22)11-4-6-12(18)7-5-11/h4-7,13-14,20H,8-10H2,1-3H3,(H2,19,22). The zero-order valence-electron chi connectivity index (χ0n) is 14.2. The molecule has 1 saturated heterocycles. The first-order valence-electron chi connectivity index (χ1n) is 7.94. The molecule has 2 amide bonds. The van der Waals surface area contributed by atoms with Crippen molar-refractivity contribution in [1.82, 2.24) is 10.2 Å². The van der Waals surface area contributed by atoms with E-state index in [1.165, 1.54) is 24.3 Å². The lowest BCUT2D eigenvalue weighted by molar-refractivity contribution is -0.120. The Morgan fingerprint density at radius 1 is 1.33 bits per heavy atom. The van der Waals surface area contributed by atoms with E-state index in [0.29, 0.717) is 25.1 Å². The quantitative estimate of drug-likeness (QED) is 0.879. The number of nitrogens with one attached hydrogen (secondary N) is 1. The van der Waals surface area contributed by atoms with Gasteiger partial charge in [0.05, 0.1) is 0 Å². The molecular formula is C17H24FN3O3. The number of primary amides is 1. The number of halogens is 1. The minimum absolute atomic E-state index is 0.0833. The van der Waals surface area contributed by atoms with E-state index < -0.39 is 17.6 Å². The van der Waals surface area contributed by atoms with Gasteiger partial charge in [0.15, 0.2) is 0 Å². The monoisotopic (exact) mass is 337 g/mol. The second-order valence-corrected chi connectivity index (χ2v) is 6.97. The molecule has 2 atom stereocenters. The second kappa shape index (κ2) is 7.17. The van der Waals surface area contributed by atoms with Gasteiger partial charge in [-0.3, -0.25) is 10.1 Å². The molecule has 6 nitrogen and oxygen atoms in total. The van der Waals surface area contributed by atoms with Gasteiger partial charge in [0, 0.05) is 19.1 Å². The zero-order valence-corrected chi connectivity index (χ0v) is 14.2. The van der Waals surface area contributed by atoms with Gasteiger partial charge in [-0.25, -0.2) is 9.18 Å². The summed E-state index contributed by atoms with van der Waals surface area (Å²) in [5.41, 5.74) is 5.51. The number of hydrogen-bond donors (Lipinski definition) is 2. The Balaban J connectivity index is 1.98. The molecular weight excluding hydrogens is 313 g/mol. The summed E-state index contributed by atoms with van der Waals surface area (Å²) in [5, 5.41) is 3.15. The summed E-state index contributed by atoms with van der Waals surface area (Å²) in [6, 6.07) is 4.81. The lowest BCUT2D eigenvalue weighted by atomic mass is 10.0. The second-order valence-electron chi connectivity index (χ2n) is 6.97. The molecule has 1 aromatic rings. The van der Waals surface area contributed by atoms with E-state index in [-0.39, 0.29) is 18.0 Å². The van der Waals surface area contributed by atoms with E-state index in [2.05, 4.69) is 5.32 Å². The van der Waals surface area contributed by atoms with Crippen molar-refractivity contribution in [3.05, 3.63) is 35.6 Å². The number of benzene rings is 1. The summed E-state index contributed by atoms with van der Waals surface area (Å²) in [7, 11) is 0. The highest BCUT2D eigenvalue weighted by atomic mass is 19.1. The molecule has 1 aromatic carbocycles. The third-order valence-corrected chi connectivity index (χ3v) is 3.73. The summed E-state index contributed by atoms with van der Waals surface area (Å²) in [6.07, 6.45) is 0.314. The van der Waals surface area contributed by atoms with Crippen LogP contribution in [0.1, 0.15) is 38.8 Å². The number of carbonyl (C=O) groups excluding carboxylic acids is 2. The van der Waals surface area contributed by atoms with Crippen molar-refractivity contribution in [1.29, 1.82) is 0 Å². The van der Waals surface area contributed by atoms with Crippen LogP contribution >= 0.6 is 0 Å². The number of nitrogens with two attached hydrogens (primary N) is 1. The van der Waals surface area contributed by atoms with Gasteiger partial charge in [-0.15, -0.1) is 0 Å². The third kappa shape index (κ3) is 4.92. The SMILES string of the molecule is CC(C)(C)OC(=O)N1CCC(NC(C(N)=O)c2ccc(F)cc2)C1. The number of amides is 2. The topological polar surface area (TPSA) is 84.7 Å². The lowest BCUT2D eigenvalue weighted by Crippen LogP contribution is -2.42. The predicted octanol–water partition coefficient (Wildman–Crippen LogP) is 1.95. The molecule has 0 aromatic heterocycles. The van der Waals surface area contributed by atoms with E-state index in [1.807, 2.05) is 20.8 Å². The Hall–Kier alpha value is -2.15. The third-order valence-electron chi connectivity index (χ3n) is 3.73. The average Bonchev–Trinajstić information content (AvgIpc) is 2.92. The van der Waals surface area contributed by atoms with Gasteiger partial charge >= 0.3 is 6.09 Å². The molecule has 1 aliphatic heterocycles. The van der Waals surface area contributed by atoms with Gasteiger partial charge in [-0.1, -0.05) is 12.1 Å². The molecule has 0 radical (unpaired) electrons. The highest BCUT2D eigenvalue weighted by molar-refractivity contribution is 5.81. The molecule has 2 unspecified atom stereocenters. The van der Waals surface area contributed by atoms with Crippen LogP contribution in [-0.4, -0.2) is 41.6 Å². The van der Waals surface area contributed by atoms with Gasteiger partial charge < -0.3 is 15.4 Å². The summed E-state index contributed by atoms with van der Waals surface area (Å²) >= 11 is 0. The molecule has 0 saturated carbocycles. The van der Waals surface area contributed by atoms with Gasteiger partial charge in [0.2, 0.25) is 5.91 Å². The van der Waals surface area contributed by atoms with Crippen LogP contribution in [0.2, 0.25) is 0 Å².